The first-order chi connectivity index (χ1) is 13.2. The number of thiazole rings is 1. The van der Waals surface area contributed by atoms with Crippen molar-refractivity contribution in [3.05, 3.63) is 82.3 Å². The first kappa shape index (κ1) is 17.2. The average molecular weight is 383 g/mol. The van der Waals surface area contributed by atoms with E-state index in [2.05, 4.69) is 4.98 Å². The third kappa shape index (κ3) is 4.15. The van der Waals surface area contributed by atoms with Gasteiger partial charge in [-0.25, -0.2) is 14.2 Å². The van der Waals surface area contributed by atoms with Crippen LogP contribution in [0.2, 0.25) is 0 Å². The van der Waals surface area contributed by atoms with Crippen molar-refractivity contribution in [2.24, 2.45) is 0 Å². The van der Waals surface area contributed by atoms with Gasteiger partial charge < -0.3 is 13.9 Å². The number of nitrogens with zero attached hydrogens (tertiary/aromatic N) is 1. The lowest BCUT2D eigenvalue weighted by atomic mass is 10.2. The smallest absolute Gasteiger partial charge is 0.374 e. The second-order valence-electron chi connectivity index (χ2n) is 5.70. The summed E-state index contributed by atoms with van der Waals surface area (Å²) < 4.78 is 29.2. The number of hydrogen-bond donors (Lipinski definition) is 0. The van der Waals surface area contributed by atoms with Crippen molar-refractivity contribution in [1.82, 2.24) is 4.98 Å². The number of aromatic nitrogens is 1. The summed E-state index contributed by atoms with van der Waals surface area (Å²) in [5, 5.41) is 3.38. The van der Waals surface area contributed by atoms with Gasteiger partial charge in [-0.05, 0) is 36.4 Å². The first-order valence-corrected chi connectivity index (χ1v) is 9.03. The predicted octanol–water partition coefficient (Wildman–Crippen LogP) is 4.96. The van der Waals surface area contributed by atoms with E-state index >= 15 is 0 Å². The van der Waals surface area contributed by atoms with E-state index in [1.165, 1.54) is 23.5 Å². The molecule has 2 heterocycles. The van der Waals surface area contributed by atoms with Crippen LogP contribution < -0.4 is 4.74 Å². The van der Waals surface area contributed by atoms with Gasteiger partial charge >= 0.3 is 5.97 Å². The normalized spacial score (nSPS) is 10.9. The molecule has 4 rings (SSSR count). The molecule has 0 N–H and O–H groups in total. The van der Waals surface area contributed by atoms with Crippen LogP contribution >= 0.6 is 11.3 Å². The highest BCUT2D eigenvalue weighted by molar-refractivity contribution is 7.09. The Morgan fingerprint density at radius 2 is 1.93 bits per heavy atom. The van der Waals surface area contributed by atoms with Crippen LogP contribution in [0.1, 0.15) is 21.3 Å². The lowest BCUT2D eigenvalue weighted by Crippen LogP contribution is -2.04. The van der Waals surface area contributed by atoms with Gasteiger partial charge in [0.25, 0.3) is 0 Å². The summed E-state index contributed by atoms with van der Waals surface area (Å²) in [6.45, 7) is 0.302. The van der Waals surface area contributed by atoms with Crippen LogP contribution in [-0.2, 0) is 18.0 Å². The van der Waals surface area contributed by atoms with E-state index < -0.39 is 5.97 Å². The third-order valence-electron chi connectivity index (χ3n) is 3.75. The monoisotopic (exact) mass is 383 g/mol. The number of fused-ring (bicyclic) bond motifs is 1. The summed E-state index contributed by atoms with van der Waals surface area (Å²) in [5.41, 5.74) is 1.26. The number of para-hydroxylation sites is 1. The highest BCUT2D eigenvalue weighted by atomic mass is 32.1. The molecule has 0 spiro atoms. The average Bonchev–Trinajstić information content (AvgIpc) is 3.32. The van der Waals surface area contributed by atoms with Gasteiger partial charge in [0.1, 0.15) is 35.4 Å². The van der Waals surface area contributed by atoms with Crippen molar-refractivity contribution in [1.29, 1.82) is 0 Å². The zero-order chi connectivity index (χ0) is 18.6. The number of rotatable bonds is 6. The van der Waals surface area contributed by atoms with E-state index in [-0.39, 0.29) is 24.8 Å². The maximum atomic E-state index is 12.9. The Morgan fingerprint density at radius 1 is 1.11 bits per heavy atom. The van der Waals surface area contributed by atoms with Gasteiger partial charge in [0, 0.05) is 10.8 Å². The molecule has 2 aromatic heterocycles. The molecule has 0 saturated heterocycles. The molecular weight excluding hydrogens is 369 g/mol. The fourth-order valence-corrected chi connectivity index (χ4v) is 3.14. The Hall–Kier alpha value is -3.19. The summed E-state index contributed by atoms with van der Waals surface area (Å²) in [4.78, 5) is 16.5. The molecule has 7 heteroatoms. The summed E-state index contributed by atoms with van der Waals surface area (Å²) in [6.07, 6.45) is 0. The molecular formula is C20H14FNO4S. The zero-order valence-electron chi connectivity index (χ0n) is 14.1. The van der Waals surface area contributed by atoms with Gasteiger partial charge in [-0.2, -0.15) is 0 Å². The standard InChI is InChI=1S/C20H14FNO4S/c21-14-5-7-16(8-6-14)24-11-19-22-15(12-27-19)10-25-20(23)18-9-13-3-1-2-4-17(13)26-18/h1-9,12H,10-11H2. The third-order valence-corrected chi connectivity index (χ3v) is 4.62. The second kappa shape index (κ2) is 7.59. The Morgan fingerprint density at radius 3 is 2.74 bits per heavy atom. The quantitative estimate of drug-likeness (QED) is 0.440. The molecule has 5 nitrogen and oxygen atoms in total. The van der Waals surface area contributed by atoms with E-state index in [0.717, 1.165) is 10.4 Å². The molecule has 0 amide bonds. The molecule has 4 aromatic rings. The van der Waals surface area contributed by atoms with Crippen LogP contribution in [0.15, 0.2) is 64.4 Å². The summed E-state index contributed by atoms with van der Waals surface area (Å²) in [5.74, 6) is -0.135. The fourth-order valence-electron chi connectivity index (χ4n) is 2.45. The maximum absolute atomic E-state index is 12.9. The van der Waals surface area contributed by atoms with E-state index in [1.807, 2.05) is 18.2 Å². The molecule has 0 radical (unpaired) electrons. The highest BCUT2D eigenvalue weighted by Gasteiger charge is 2.14. The first-order valence-electron chi connectivity index (χ1n) is 8.15. The van der Waals surface area contributed by atoms with Crippen LogP contribution in [0.25, 0.3) is 11.0 Å². The van der Waals surface area contributed by atoms with E-state index in [4.69, 9.17) is 13.9 Å². The Kier molecular flexibility index (Phi) is 4.84. The molecule has 0 atom stereocenters. The largest absolute Gasteiger partial charge is 0.486 e. The highest BCUT2D eigenvalue weighted by Crippen LogP contribution is 2.20. The number of furan rings is 1. The molecule has 0 aliphatic carbocycles. The minimum Gasteiger partial charge on any atom is -0.486 e. The second-order valence-corrected chi connectivity index (χ2v) is 6.64. The number of hydrogen-bond acceptors (Lipinski definition) is 6. The zero-order valence-corrected chi connectivity index (χ0v) is 14.9. The minimum absolute atomic E-state index is 0.0446. The summed E-state index contributed by atoms with van der Waals surface area (Å²) >= 11 is 1.40. The van der Waals surface area contributed by atoms with Gasteiger partial charge in [0.15, 0.2) is 0 Å². The SMILES string of the molecule is O=C(OCc1csc(COc2ccc(F)cc2)n1)c1cc2ccccc2o1. The summed E-state index contributed by atoms with van der Waals surface area (Å²) in [7, 11) is 0. The fraction of sp³-hybridized carbons (Fsp3) is 0.100. The van der Waals surface area contributed by atoms with Crippen LogP contribution in [0.5, 0.6) is 5.75 Å². The molecule has 136 valence electrons. The van der Waals surface area contributed by atoms with Crippen molar-refractivity contribution in [3.63, 3.8) is 0 Å². The Bertz CT molecular complexity index is 1040. The van der Waals surface area contributed by atoms with Crippen molar-refractivity contribution < 1.29 is 23.1 Å². The molecule has 27 heavy (non-hydrogen) atoms. The van der Waals surface area contributed by atoms with Crippen molar-refractivity contribution >= 4 is 28.3 Å². The molecule has 0 fully saturated rings. The van der Waals surface area contributed by atoms with E-state index in [1.54, 1.807) is 29.6 Å². The van der Waals surface area contributed by atoms with Gasteiger partial charge in [0.05, 0.1) is 5.69 Å². The van der Waals surface area contributed by atoms with Gasteiger partial charge in [-0.3, -0.25) is 0 Å². The van der Waals surface area contributed by atoms with Crippen molar-refractivity contribution in [2.45, 2.75) is 13.2 Å². The number of halogens is 1. The Labute approximate surface area is 158 Å². The van der Waals surface area contributed by atoms with Crippen LogP contribution in [-0.4, -0.2) is 11.0 Å². The van der Waals surface area contributed by atoms with E-state index in [9.17, 15) is 9.18 Å². The van der Waals surface area contributed by atoms with Crippen LogP contribution in [0, 0.1) is 5.82 Å². The van der Waals surface area contributed by atoms with Crippen LogP contribution in [0.4, 0.5) is 4.39 Å². The molecule has 0 bridgehead atoms. The number of benzene rings is 2. The number of carbonyl (C=O) groups excluding carboxylic acids is 1. The van der Waals surface area contributed by atoms with E-state index in [0.29, 0.717) is 17.0 Å². The predicted molar refractivity (Wildman–Crippen MR) is 98.2 cm³/mol. The lowest BCUT2D eigenvalue weighted by Gasteiger charge is -2.03. The van der Waals surface area contributed by atoms with Gasteiger partial charge in [0.2, 0.25) is 5.76 Å². The minimum atomic E-state index is -0.539. The molecule has 0 aliphatic rings. The number of carbonyl (C=O) groups is 1. The molecule has 0 unspecified atom stereocenters. The van der Waals surface area contributed by atoms with Crippen molar-refractivity contribution in [2.75, 3.05) is 0 Å². The molecule has 2 aromatic carbocycles. The topological polar surface area (TPSA) is 61.6 Å². The lowest BCUT2D eigenvalue weighted by molar-refractivity contribution is 0.0434. The Balaban J connectivity index is 1.32. The van der Waals surface area contributed by atoms with Gasteiger partial charge in [-0.1, -0.05) is 18.2 Å². The number of esters is 1. The van der Waals surface area contributed by atoms with Crippen molar-refractivity contribution in [3.8, 4) is 5.75 Å². The summed E-state index contributed by atoms with van der Waals surface area (Å²) in [6, 6.07) is 14.8. The van der Waals surface area contributed by atoms with Crippen LogP contribution in [0.3, 0.4) is 0 Å². The maximum Gasteiger partial charge on any atom is 0.374 e. The molecule has 0 aliphatic heterocycles. The molecule has 0 saturated carbocycles. The van der Waals surface area contributed by atoms with Gasteiger partial charge in [-0.15, -0.1) is 11.3 Å². The number of ether oxygens (including phenoxy) is 2.